The molecule has 13 heavy (non-hydrogen) atoms. The summed E-state index contributed by atoms with van der Waals surface area (Å²) in [6.45, 7) is 8.10. The zero-order chi connectivity index (χ0) is 10.3. The predicted molar refractivity (Wildman–Crippen MR) is 50.1 cm³/mol. The molecule has 0 aromatic heterocycles. The number of hydrogen-bond donors (Lipinski definition) is 1. The number of carbonyl (C=O) groups excluding carboxylic acids is 1. The molecule has 1 amide bonds. The molecule has 0 unspecified atom stereocenters. The van der Waals surface area contributed by atoms with Crippen molar-refractivity contribution in [3.8, 4) is 0 Å². The van der Waals surface area contributed by atoms with Crippen molar-refractivity contribution in [1.82, 2.24) is 5.32 Å². The quantitative estimate of drug-likeness (QED) is 0.640. The van der Waals surface area contributed by atoms with E-state index in [0.717, 1.165) is 0 Å². The van der Waals surface area contributed by atoms with Gasteiger partial charge in [-0.25, -0.2) is 0 Å². The molecule has 0 aromatic rings. The highest BCUT2D eigenvalue weighted by Crippen LogP contribution is 2.13. The minimum Gasteiger partial charge on any atom is -0.333 e. The normalized spacial score (nSPS) is 11.4. The second-order valence-corrected chi connectivity index (χ2v) is 2.65. The molecule has 1 N–H and O–H groups in total. The Morgan fingerprint density at radius 2 is 1.69 bits per heavy atom. The van der Waals surface area contributed by atoms with Gasteiger partial charge in [0, 0.05) is 26.6 Å². The molecule has 0 aliphatic rings. The molecule has 0 aliphatic heterocycles. The first-order valence-corrected chi connectivity index (χ1v) is 4.66. The lowest BCUT2D eigenvalue weighted by Gasteiger charge is -2.32. The van der Waals surface area contributed by atoms with Crippen LogP contribution >= 0.6 is 0 Å². The molecular weight excluding hydrogens is 170 g/mol. The van der Waals surface area contributed by atoms with Crippen LogP contribution in [0.25, 0.3) is 0 Å². The van der Waals surface area contributed by atoms with Gasteiger partial charge in [-0.3, -0.25) is 4.79 Å². The topological polar surface area (TPSA) is 47.6 Å². The van der Waals surface area contributed by atoms with Crippen molar-refractivity contribution in [1.29, 1.82) is 0 Å². The zero-order valence-electron chi connectivity index (χ0n) is 8.85. The summed E-state index contributed by atoms with van der Waals surface area (Å²) in [7, 11) is 0. The van der Waals surface area contributed by atoms with Gasteiger partial charge in [0.1, 0.15) is 0 Å². The monoisotopic (exact) mass is 189 g/mol. The summed E-state index contributed by atoms with van der Waals surface area (Å²) in [6, 6.07) is 0. The Morgan fingerprint density at radius 1 is 1.23 bits per heavy atom. The molecule has 0 aliphatic carbocycles. The van der Waals surface area contributed by atoms with Crippen LogP contribution < -0.4 is 5.32 Å². The molecule has 0 rings (SSSR count). The van der Waals surface area contributed by atoms with Gasteiger partial charge in [-0.2, -0.15) is 0 Å². The van der Waals surface area contributed by atoms with E-state index in [0.29, 0.717) is 19.6 Å². The fourth-order valence-corrected chi connectivity index (χ4v) is 1.14. The minimum absolute atomic E-state index is 0.149. The fourth-order valence-electron chi connectivity index (χ4n) is 1.14. The highest BCUT2D eigenvalue weighted by molar-refractivity contribution is 5.73. The van der Waals surface area contributed by atoms with Crippen molar-refractivity contribution in [2.75, 3.05) is 13.2 Å². The van der Waals surface area contributed by atoms with Gasteiger partial charge in [-0.15, -0.1) is 0 Å². The molecule has 78 valence electrons. The Bertz CT molecular complexity index is 153. The number of carbonyl (C=O) groups is 1. The minimum atomic E-state index is -0.935. The van der Waals surface area contributed by atoms with E-state index in [-0.39, 0.29) is 5.91 Å². The maximum Gasteiger partial charge on any atom is 0.251 e. The van der Waals surface area contributed by atoms with Gasteiger partial charge in [-0.05, 0) is 13.8 Å². The van der Waals surface area contributed by atoms with E-state index in [1.54, 1.807) is 0 Å². The van der Waals surface area contributed by atoms with Crippen molar-refractivity contribution in [2.45, 2.75) is 40.0 Å². The number of amides is 1. The van der Waals surface area contributed by atoms with Gasteiger partial charge < -0.3 is 14.8 Å². The van der Waals surface area contributed by atoms with Crippen LogP contribution in [0, 0.1) is 0 Å². The Morgan fingerprint density at radius 3 is 1.92 bits per heavy atom. The second-order valence-electron chi connectivity index (χ2n) is 2.65. The van der Waals surface area contributed by atoms with Gasteiger partial charge in [0.05, 0.1) is 0 Å². The molecule has 0 saturated carbocycles. The van der Waals surface area contributed by atoms with Crippen molar-refractivity contribution in [2.24, 2.45) is 0 Å². The summed E-state index contributed by atoms with van der Waals surface area (Å²) in [5.41, 5.74) is 0. The third-order valence-electron chi connectivity index (χ3n) is 1.59. The SMILES string of the molecule is CCOC(CC)(NC(C)=O)OCC. The number of ether oxygens (including phenoxy) is 2. The van der Waals surface area contributed by atoms with Crippen LogP contribution in [0.1, 0.15) is 34.1 Å². The lowest BCUT2D eigenvalue weighted by molar-refractivity contribution is -0.251. The Balaban J connectivity index is 4.33. The lowest BCUT2D eigenvalue weighted by atomic mass is 10.3. The largest absolute Gasteiger partial charge is 0.333 e. The first-order valence-electron chi connectivity index (χ1n) is 4.66. The molecule has 0 saturated heterocycles. The van der Waals surface area contributed by atoms with Crippen LogP contribution in [0.2, 0.25) is 0 Å². The van der Waals surface area contributed by atoms with E-state index in [9.17, 15) is 4.79 Å². The van der Waals surface area contributed by atoms with Crippen LogP contribution in [0.3, 0.4) is 0 Å². The average Bonchev–Trinajstić information content (AvgIpc) is 2.04. The van der Waals surface area contributed by atoms with E-state index in [4.69, 9.17) is 9.47 Å². The summed E-state index contributed by atoms with van der Waals surface area (Å²) < 4.78 is 10.8. The Kier molecular flexibility index (Phi) is 5.66. The number of rotatable bonds is 6. The van der Waals surface area contributed by atoms with E-state index in [1.165, 1.54) is 6.92 Å². The van der Waals surface area contributed by atoms with Gasteiger partial charge in [-0.1, -0.05) is 6.92 Å². The molecule has 0 spiro atoms. The molecule has 0 bridgehead atoms. The molecule has 0 aromatic carbocycles. The molecule has 4 heteroatoms. The van der Waals surface area contributed by atoms with E-state index >= 15 is 0 Å². The van der Waals surface area contributed by atoms with Gasteiger partial charge in [0.25, 0.3) is 5.91 Å². The van der Waals surface area contributed by atoms with Crippen molar-refractivity contribution < 1.29 is 14.3 Å². The van der Waals surface area contributed by atoms with Crippen LogP contribution in [-0.4, -0.2) is 25.0 Å². The summed E-state index contributed by atoms with van der Waals surface area (Å²) in [4.78, 5) is 10.9. The summed E-state index contributed by atoms with van der Waals surface area (Å²) >= 11 is 0. The standard InChI is InChI=1S/C9H19NO3/c1-5-9(12-6-2,13-7-3)10-8(4)11/h5-7H2,1-4H3,(H,10,11). The molecule has 0 radical (unpaired) electrons. The summed E-state index contributed by atoms with van der Waals surface area (Å²) in [6.07, 6.45) is 0.592. The van der Waals surface area contributed by atoms with Crippen LogP contribution in [0.4, 0.5) is 0 Å². The van der Waals surface area contributed by atoms with Crippen LogP contribution in [-0.2, 0) is 14.3 Å². The second kappa shape index (κ2) is 5.94. The Labute approximate surface area is 79.6 Å². The van der Waals surface area contributed by atoms with Gasteiger partial charge >= 0.3 is 0 Å². The molecular formula is C9H19NO3. The lowest BCUT2D eigenvalue weighted by Crippen LogP contribution is -2.51. The third kappa shape index (κ3) is 4.24. The molecule has 4 nitrogen and oxygen atoms in total. The number of nitrogens with one attached hydrogen (secondary N) is 1. The molecule has 0 atom stereocenters. The van der Waals surface area contributed by atoms with Gasteiger partial charge in [0.15, 0.2) is 0 Å². The smallest absolute Gasteiger partial charge is 0.251 e. The zero-order valence-corrected chi connectivity index (χ0v) is 8.85. The van der Waals surface area contributed by atoms with Crippen molar-refractivity contribution >= 4 is 5.91 Å². The Hall–Kier alpha value is -0.610. The highest BCUT2D eigenvalue weighted by Gasteiger charge is 2.29. The summed E-state index contributed by atoms with van der Waals surface area (Å²) in [5.74, 6) is -1.08. The molecule has 0 fully saturated rings. The van der Waals surface area contributed by atoms with Crippen molar-refractivity contribution in [3.05, 3.63) is 0 Å². The predicted octanol–water partition coefficient (Wildman–Crippen LogP) is 1.26. The van der Waals surface area contributed by atoms with E-state index in [2.05, 4.69) is 5.32 Å². The van der Waals surface area contributed by atoms with E-state index in [1.807, 2.05) is 20.8 Å². The van der Waals surface area contributed by atoms with Gasteiger partial charge in [0.2, 0.25) is 5.91 Å². The average molecular weight is 189 g/mol. The summed E-state index contributed by atoms with van der Waals surface area (Å²) in [5, 5.41) is 2.66. The fraction of sp³-hybridized carbons (Fsp3) is 0.889. The first-order chi connectivity index (χ1) is 6.10. The maximum atomic E-state index is 10.9. The maximum absolute atomic E-state index is 10.9. The van der Waals surface area contributed by atoms with Crippen LogP contribution in [0.5, 0.6) is 0 Å². The van der Waals surface area contributed by atoms with E-state index < -0.39 is 5.91 Å². The highest BCUT2D eigenvalue weighted by atomic mass is 16.7. The molecule has 0 heterocycles. The van der Waals surface area contributed by atoms with Crippen LogP contribution in [0.15, 0.2) is 0 Å². The van der Waals surface area contributed by atoms with Crippen molar-refractivity contribution in [3.63, 3.8) is 0 Å². The number of hydrogen-bond acceptors (Lipinski definition) is 3. The third-order valence-corrected chi connectivity index (χ3v) is 1.59. The first kappa shape index (κ1) is 12.4.